The van der Waals surface area contributed by atoms with Crippen molar-refractivity contribution in [1.29, 1.82) is 0 Å². The van der Waals surface area contributed by atoms with Gasteiger partial charge in [-0.1, -0.05) is 41.1 Å². The van der Waals surface area contributed by atoms with Crippen LogP contribution in [0.1, 0.15) is 35.0 Å². The third kappa shape index (κ3) is 4.18. The first kappa shape index (κ1) is 20.8. The maximum atomic E-state index is 12.7. The van der Waals surface area contributed by atoms with E-state index < -0.39 is 0 Å². The van der Waals surface area contributed by atoms with Gasteiger partial charge >= 0.3 is 0 Å². The van der Waals surface area contributed by atoms with Gasteiger partial charge in [-0.15, -0.1) is 16.4 Å². The number of H-pyrrole nitrogens is 1. The van der Waals surface area contributed by atoms with Crippen LogP contribution in [0.4, 0.5) is 0 Å². The fourth-order valence-corrected chi connectivity index (χ4v) is 4.94. The number of hydrogen-bond donors (Lipinski definition) is 1. The largest absolute Gasteiger partial charge is 0.342 e. The molecular weight excluding hydrogens is 448 g/mol. The molecule has 1 aliphatic rings. The van der Waals surface area contributed by atoms with Gasteiger partial charge in [0.05, 0.1) is 13.0 Å². The number of hydrogen-bond acceptors (Lipinski definition) is 6. The molecule has 0 atom stereocenters. The molecule has 1 N–H and O–H groups in total. The number of fused-ring (bicyclic) bond motifs is 1. The molecule has 0 saturated carbocycles. The van der Waals surface area contributed by atoms with Crippen LogP contribution in [0.2, 0.25) is 5.02 Å². The minimum Gasteiger partial charge on any atom is -0.342 e. The number of rotatable bonds is 5. The molecule has 5 rings (SSSR count). The highest BCUT2D eigenvalue weighted by Gasteiger charge is 2.26. The molecule has 164 valence electrons. The number of aromatic nitrogens is 5. The second-order valence-electron chi connectivity index (χ2n) is 7.87. The number of nitrogens with one attached hydrogen (secondary N) is 1. The van der Waals surface area contributed by atoms with Crippen molar-refractivity contribution in [3.05, 3.63) is 73.4 Å². The molecule has 4 aromatic rings. The van der Waals surface area contributed by atoms with Crippen LogP contribution in [0.15, 0.2) is 46.6 Å². The molecule has 1 saturated heterocycles. The van der Waals surface area contributed by atoms with Crippen LogP contribution in [0.3, 0.4) is 0 Å². The molecule has 1 fully saturated rings. The fraction of sp³-hybridized carbons (Fsp3) is 0.318. The molecule has 0 aliphatic carbocycles. The number of amides is 1. The summed E-state index contributed by atoms with van der Waals surface area (Å²) in [5, 5.41) is 10.8. The standard InChI is InChI=1S/C22H21ClN6O2S/c23-17-6-2-1-4-15(17)12-18(30)28-9-7-14(8-10-28)20-24-21-19(22(31)25-20)26-27-29(21)13-16-5-3-11-32-16/h1-6,11,14H,7-10,12-13H2,(H,24,25,31). The monoisotopic (exact) mass is 468 g/mol. The first-order chi connectivity index (χ1) is 15.6. The number of piperidine rings is 1. The molecule has 10 heteroatoms. The van der Waals surface area contributed by atoms with Crippen molar-refractivity contribution in [2.75, 3.05) is 13.1 Å². The van der Waals surface area contributed by atoms with Crippen molar-refractivity contribution in [2.24, 2.45) is 0 Å². The van der Waals surface area contributed by atoms with Crippen LogP contribution >= 0.6 is 22.9 Å². The van der Waals surface area contributed by atoms with Crippen molar-refractivity contribution in [3.8, 4) is 0 Å². The van der Waals surface area contributed by atoms with E-state index in [1.165, 1.54) is 0 Å². The number of nitrogens with zero attached hydrogens (tertiary/aromatic N) is 5. The van der Waals surface area contributed by atoms with E-state index in [2.05, 4.69) is 15.3 Å². The number of aromatic amines is 1. The maximum absolute atomic E-state index is 12.7. The van der Waals surface area contributed by atoms with Gasteiger partial charge in [0.2, 0.25) is 5.91 Å². The lowest BCUT2D eigenvalue weighted by Gasteiger charge is -2.31. The quantitative estimate of drug-likeness (QED) is 0.485. The van der Waals surface area contributed by atoms with Crippen LogP contribution in [-0.4, -0.2) is 48.9 Å². The van der Waals surface area contributed by atoms with Crippen LogP contribution < -0.4 is 5.56 Å². The van der Waals surface area contributed by atoms with Gasteiger partial charge in [0.25, 0.3) is 5.56 Å². The van der Waals surface area contributed by atoms with Crippen molar-refractivity contribution in [3.63, 3.8) is 0 Å². The molecule has 0 radical (unpaired) electrons. The predicted octanol–water partition coefficient (Wildman–Crippen LogP) is 3.23. The topological polar surface area (TPSA) is 96.8 Å². The highest BCUT2D eigenvalue weighted by molar-refractivity contribution is 7.09. The minimum absolute atomic E-state index is 0.0617. The Balaban J connectivity index is 1.30. The molecule has 0 unspecified atom stereocenters. The lowest BCUT2D eigenvalue weighted by atomic mass is 9.95. The van der Waals surface area contributed by atoms with E-state index >= 15 is 0 Å². The number of halogens is 1. The van der Waals surface area contributed by atoms with Gasteiger partial charge in [0, 0.05) is 28.9 Å². The normalized spacial score (nSPS) is 14.8. The van der Waals surface area contributed by atoms with Crippen LogP contribution in [-0.2, 0) is 17.8 Å². The van der Waals surface area contributed by atoms with E-state index in [1.807, 2.05) is 40.6 Å². The Bertz CT molecular complexity index is 1310. The Morgan fingerprint density at radius 1 is 1.19 bits per heavy atom. The third-order valence-electron chi connectivity index (χ3n) is 5.81. The summed E-state index contributed by atoms with van der Waals surface area (Å²) in [4.78, 5) is 35.9. The van der Waals surface area contributed by atoms with Crippen LogP contribution in [0.5, 0.6) is 0 Å². The van der Waals surface area contributed by atoms with Gasteiger partial charge in [-0.2, -0.15) is 0 Å². The van der Waals surface area contributed by atoms with Gasteiger partial charge in [-0.25, -0.2) is 9.67 Å². The van der Waals surface area contributed by atoms with Gasteiger partial charge in [0.1, 0.15) is 5.82 Å². The van der Waals surface area contributed by atoms with Crippen LogP contribution in [0.25, 0.3) is 11.2 Å². The smallest absolute Gasteiger partial charge is 0.281 e. The lowest BCUT2D eigenvalue weighted by Crippen LogP contribution is -2.39. The summed E-state index contributed by atoms with van der Waals surface area (Å²) >= 11 is 7.82. The second kappa shape index (κ2) is 8.84. The number of benzene rings is 1. The lowest BCUT2D eigenvalue weighted by molar-refractivity contribution is -0.131. The Hall–Kier alpha value is -3.04. The van der Waals surface area contributed by atoms with E-state index in [4.69, 9.17) is 16.6 Å². The Morgan fingerprint density at radius 3 is 2.75 bits per heavy atom. The molecule has 1 amide bonds. The average molecular weight is 469 g/mol. The summed E-state index contributed by atoms with van der Waals surface area (Å²) in [5.41, 5.74) is 1.30. The predicted molar refractivity (Wildman–Crippen MR) is 123 cm³/mol. The number of thiophene rings is 1. The van der Waals surface area contributed by atoms with Crippen molar-refractivity contribution in [2.45, 2.75) is 31.7 Å². The molecule has 1 aliphatic heterocycles. The average Bonchev–Trinajstić information content (AvgIpc) is 3.46. The van der Waals surface area contributed by atoms with E-state index in [0.29, 0.717) is 42.5 Å². The van der Waals surface area contributed by atoms with Gasteiger partial charge in [-0.05, 0) is 35.9 Å². The minimum atomic E-state index is -0.278. The summed E-state index contributed by atoms with van der Waals surface area (Å²) in [5.74, 6) is 0.767. The molecular formula is C22H21ClN6O2S. The molecule has 0 bridgehead atoms. The van der Waals surface area contributed by atoms with E-state index in [9.17, 15) is 9.59 Å². The molecule has 4 heterocycles. The second-order valence-corrected chi connectivity index (χ2v) is 9.31. The van der Waals surface area contributed by atoms with Gasteiger partial charge in [-0.3, -0.25) is 9.59 Å². The van der Waals surface area contributed by atoms with Crippen LogP contribution in [0, 0.1) is 0 Å². The summed E-state index contributed by atoms with van der Waals surface area (Å²) in [7, 11) is 0. The first-order valence-electron chi connectivity index (χ1n) is 10.5. The van der Waals surface area contributed by atoms with E-state index in [1.54, 1.807) is 22.1 Å². The van der Waals surface area contributed by atoms with Crippen molar-refractivity contribution >= 4 is 40.0 Å². The highest BCUT2D eigenvalue weighted by atomic mass is 35.5. The summed E-state index contributed by atoms with van der Waals surface area (Å²) < 4.78 is 1.67. The highest BCUT2D eigenvalue weighted by Crippen LogP contribution is 2.27. The Labute approximate surface area is 192 Å². The summed E-state index contributed by atoms with van der Waals surface area (Å²) in [6.07, 6.45) is 1.75. The van der Waals surface area contributed by atoms with Gasteiger partial charge < -0.3 is 9.88 Å². The first-order valence-corrected chi connectivity index (χ1v) is 11.7. The zero-order chi connectivity index (χ0) is 22.1. The van der Waals surface area contributed by atoms with Crippen molar-refractivity contribution < 1.29 is 4.79 Å². The third-order valence-corrected chi connectivity index (χ3v) is 7.04. The Morgan fingerprint density at radius 2 is 2.00 bits per heavy atom. The maximum Gasteiger partial charge on any atom is 0.281 e. The molecule has 32 heavy (non-hydrogen) atoms. The SMILES string of the molecule is O=C(Cc1ccccc1Cl)N1CCC(c2nc3c(nnn3Cc3cccs3)c(=O)[nH]2)CC1. The van der Waals surface area contributed by atoms with Gasteiger partial charge in [0.15, 0.2) is 11.2 Å². The fourth-order valence-electron chi connectivity index (χ4n) is 4.05. The summed E-state index contributed by atoms with van der Waals surface area (Å²) in [6.45, 7) is 1.75. The zero-order valence-electron chi connectivity index (χ0n) is 17.2. The molecule has 0 spiro atoms. The van der Waals surface area contributed by atoms with Crippen molar-refractivity contribution in [1.82, 2.24) is 29.9 Å². The zero-order valence-corrected chi connectivity index (χ0v) is 18.8. The molecule has 3 aromatic heterocycles. The number of carbonyl (C=O) groups excluding carboxylic acids is 1. The van der Waals surface area contributed by atoms with E-state index in [-0.39, 0.29) is 22.9 Å². The van der Waals surface area contributed by atoms with E-state index in [0.717, 1.165) is 23.3 Å². The number of likely N-dealkylation sites (tertiary alicyclic amines) is 1. The molecule has 8 nitrogen and oxygen atoms in total. The Kier molecular flexibility index (Phi) is 5.75. The number of carbonyl (C=O) groups is 1. The molecule has 1 aromatic carbocycles. The summed E-state index contributed by atoms with van der Waals surface area (Å²) in [6, 6.07) is 11.4.